The number of nitrogens with one attached hydrogen (secondary N) is 1. The average Bonchev–Trinajstić information content (AvgIpc) is 2.04. The number of rotatable bonds is 7. The van der Waals surface area contributed by atoms with Crippen LogP contribution in [0.4, 0.5) is 0 Å². The number of halogens is 1. The molecule has 0 spiro atoms. The standard InChI is InChI=1S/C10H20ClNO/c1-4-13-10(2,3)9-12-8-6-5-7-11/h5-6,12H,4,7-9H2,1-3H3/b6-5+. The van der Waals surface area contributed by atoms with Gasteiger partial charge in [0.05, 0.1) is 5.60 Å². The van der Waals surface area contributed by atoms with Gasteiger partial charge in [0.2, 0.25) is 0 Å². The van der Waals surface area contributed by atoms with Crippen molar-refractivity contribution in [2.45, 2.75) is 26.4 Å². The first-order chi connectivity index (χ1) is 6.12. The summed E-state index contributed by atoms with van der Waals surface area (Å²) >= 11 is 5.48. The van der Waals surface area contributed by atoms with Crippen molar-refractivity contribution in [1.29, 1.82) is 0 Å². The molecule has 0 radical (unpaired) electrons. The minimum Gasteiger partial charge on any atom is -0.375 e. The van der Waals surface area contributed by atoms with E-state index in [1.54, 1.807) is 0 Å². The van der Waals surface area contributed by atoms with E-state index in [1.807, 2.05) is 19.1 Å². The Morgan fingerprint density at radius 3 is 2.62 bits per heavy atom. The third-order valence-corrected chi connectivity index (χ3v) is 1.78. The van der Waals surface area contributed by atoms with Crippen LogP contribution in [0.25, 0.3) is 0 Å². The summed E-state index contributed by atoms with van der Waals surface area (Å²) in [6.07, 6.45) is 3.96. The minimum absolute atomic E-state index is 0.0798. The van der Waals surface area contributed by atoms with E-state index in [4.69, 9.17) is 16.3 Å². The Bertz CT molecular complexity index is 146. The Balaban J connectivity index is 3.45. The molecule has 0 aromatic rings. The van der Waals surface area contributed by atoms with Gasteiger partial charge in [-0.15, -0.1) is 11.6 Å². The second-order valence-electron chi connectivity index (χ2n) is 3.45. The van der Waals surface area contributed by atoms with Crippen molar-refractivity contribution < 1.29 is 4.74 Å². The second-order valence-corrected chi connectivity index (χ2v) is 3.76. The van der Waals surface area contributed by atoms with E-state index in [1.165, 1.54) is 0 Å². The number of alkyl halides is 1. The minimum atomic E-state index is -0.0798. The van der Waals surface area contributed by atoms with Crippen molar-refractivity contribution in [3.05, 3.63) is 12.2 Å². The highest BCUT2D eigenvalue weighted by molar-refractivity contribution is 6.18. The molecule has 0 aliphatic rings. The molecule has 0 aromatic heterocycles. The molecule has 13 heavy (non-hydrogen) atoms. The maximum atomic E-state index is 5.52. The summed E-state index contributed by atoms with van der Waals surface area (Å²) in [4.78, 5) is 0. The SMILES string of the molecule is CCOC(C)(C)CNC/C=C/CCl. The van der Waals surface area contributed by atoms with Gasteiger partial charge >= 0.3 is 0 Å². The van der Waals surface area contributed by atoms with Gasteiger partial charge in [-0.25, -0.2) is 0 Å². The van der Waals surface area contributed by atoms with Gasteiger partial charge in [0.15, 0.2) is 0 Å². The van der Waals surface area contributed by atoms with Crippen LogP contribution in [0.5, 0.6) is 0 Å². The number of allylic oxidation sites excluding steroid dienone is 1. The normalized spacial score (nSPS) is 12.6. The van der Waals surface area contributed by atoms with Gasteiger partial charge in [-0.1, -0.05) is 12.2 Å². The monoisotopic (exact) mass is 205 g/mol. The summed E-state index contributed by atoms with van der Waals surface area (Å²) in [6.45, 7) is 8.63. The van der Waals surface area contributed by atoms with Crippen LogP contribution >= 0.6 is 11.6 Å². The van der Waals surface area contributed by atoms with Crippen molar-refractivity contribution in [2.24, 2.45) is 0 Å². The molecule has 0 saturated carbocycles. The third kappa shape index (κ3) is 8.28. The van der Waals surface area contributed by atoms with Gasteiger partial charge in [0.1, 0.15) is 0 Å². The lowest BCUT2D eigenvalue weighted by Crippen LogP contribution is -2.37. The summed E-state index contributed by atoms with van der Waals surface area (Å²) in [6, 6.07) is 0. The van der Waals surface area contributed by atoms with Crippen molar-refractivity contribution >= 4 is 11.6 Å². The fraction of sp³-hybridized carbons (Fsp3) is 0.800. The third-order valence-electron chi connectivity index (χ3n) is 1.60. The Kier molecular flexibility index (Phi) is 7.33. The lowest BCUT2D eigenvalue weighted by Gasteiger charge is -2.24. The zero-order valence-electron chi connectivity index (χ0n) is 8.77. The summed E-state index contributed by atoms with van der Waals surface area (Å²) in [5.41, 5.74) is -0.0798. The number of hydrogen-bond donors (Lipinski definition) is 1. The Morgan fingerprint density at radius 1 is 1.38 bits per heavy atom. The number of ether oxygens (including phenoxy) is 1. The average molecular weight is 206 g/mol. The molecule has 0 unspecified atom stereocenters. The van der Waals surface area contributed by atoms with Crippen molar-refractivity contribution in [3.8, 4) is 0 Å². The Morgan fingerprint density at radius 2 is 2.08 bits per heavy atom. The molecule has 0 bridgehead atoms. The molecule has 2 nitrogen and oxygen atoms in total. The van der Waals surface area contributed by atoms with Crippen LogP contribution in [0.1, 0.15) is 20.8 Å². The lowest BCUT2D eigenvalue weighted by molar-refractivity contribution is -0.00812. The molecule has 0 amide bonds. The van der Waals surface area contributed by atoms with Crippen LogP contribution in [0.15, 0.2) is 12.2 Å². The molecule has 0 heterocycles. The first-order valence-corrected chi connectivity index (χ1v) is 5.21. The molecule has 0 saturated heterocycles. The van der Waals surface area contributed by atoms with Crippen LogP contribution < -0.4 is 5.32 Å². The van der Waals surface area contributed by atoms with Gasteiger partial charge in [-0.3, -0.25) is 0 Å². The molecule has 0 aliphatic heterocycles. The highest BCUT2D eigenvalue weighted by atomic mass is 35.5. The predicted molar refractivity (Wildman–Crippen MR) is 58.4 cm³/mol. The van der Waals surface area contributed by atoms with E-state index in [0.29, 0.717) is 5.88 Å². The Hall–Kier alpha value is -0.0500. The largest absolute Gasteiger partial charge is 0.375 e. The summed E-state index contributed by atoms with van der Waals surface area (Å²) in [5.74, 6) is 0.580. The highest BCUT2D eigenvalue weighted by Gasteiger charge is 2.15. The fourth-order valence-corrected chi connectivity index (χ4v) is 1.17. The van der Waals surface area contributed by atoms with Crippen LogP contribution in [0.2, 0.25) is 0 Å². The molecular weight excluding hydrogens is 186 g/mol. The zero-order valence-corrected chi connectivity index (χ0v) is 9.53. The van der Waals surface area contributed by atoms with Crippen molar-refractivity contribution in [2.75, 3.05) is 25.6 Å². The van der Waals surface area contributed by atoms with Crippen molar-refractivity contribution in [1.82, 2.24) is 5.32 Å². The Labute approximate surface area is 86.3 Å². The summed E-state index contributed by atoms with van der Waals surface area (Å²) in [7, 11) is 0. The van der Waals surface area contributed by atoms with E-state index in [0.717, 1.165) is 19.7 Å². The van der Waals surface area contributed by atoms with E-state index in [2.05, 4.69) is 19.2 Å². The fourth-order valence-electron chi connectivity index (χ4n) is 1.04. The van der Waals surface area contributed by atoms with E-state index < -0.39 is 0 Å². The maximum Gasteiger partial charge on any atom is 0.0750 e. The van der Waals surface area contributed by atoms with Crippen LogP contribution in [-0.4, -0.2) is 31.2 Å². The van der Waals surface area contributed by atoms with Crippen LogP contribution in [0.3, 0.4) is 0 Å². The van der Waals surface area contributed by atoms with Crippen molar-refractivity contribution in [3.63, 3.8) is 0 Å². The van der Waals surface area contributed by atoms with Crippen LogP contribution in [-0.2, 0) is 4.74 Å². The molecule has 0 fully saturated rings. The smallest absolute Gasteiger partial charge is 0.0750 e. The highest BCUT2D eigenvalue weighted by Crippen LogP contribution is 2.06. The molecule has 1 N–H and O–H groups in total. The summed E-state index contributed by atoms with van der Waals surface area (Å²) in [5, 5.41) is 3.27. The summed E-state index contributed by atoms with van der Waals surface area (Å²) < 4.78 is 5.52. The maximum absolute atomic E-state index is 5.52. The lowest BCUT2D eigenvalue weighted by atomic mass is 10.1. The van der Waals surface area contributed by atoms with Crippen LogP contribution in [0, 0.1) is 0 Å². The van der Waals surface area contributed by atoms with Gasteiger partial charge in [-0.2, -0.15) is 0 Å². The van der Waals surface area contributed by atoms with E-state index >= 15 is 0 Å². The van der Waals surface area contributed by atoms with E-state index in [9.17, 15) is 0 Å². The van der Waals surface area contributed by atoms with Gasteiger partial charge in [0.25, 0.3) is 0 Å². The molecule has 0 aromatic carbocycles. The zero-order chi connectivity index (χ0) is 10.2. The first-order valence-electron chi connectivity index (χ1n) is 4.68. The van der Waals surface area contributed by atoms with Gasteiger partial charge in [0, 0.05) is 25.6 Å². The van der Waals surface area contributed by atoms with Gasteiger partial charge < -0.3 is 10.1 Å². The first kappa shape index (κ1) is 12.9. The van der Waals surface area contributed by atoms with E-state index in [-0.39, 0.29) is 5.60 Å². The molecule has 0 atom stereocenters. The van der Waals surface area contributed by atoms with Gasteiger partial charge in [-0.05, 0) is 20.8 Å². The quantitative estimate of drug-likeness (QED) is 0.391. The molecular formula is C10H20ClNO. The molecule has 0 aliphatic carbocycles. The molecule has 3 heteroatoms. The number of hydrogen-bond acceptors (Lipinski definition) is 2. The predicted octanol–water partition coefficient (Wildman–Crippen LogP) is 2.19. The molecule has 0 rings (SSSR count). The second kappa shape index (κ2) is 7.36. The topological polar surface area (TPSA) is 21.3 Å². The molecule has 78 valence electrons.